The van der Waals surface area contributed by atoms with Gasteiger partial charge >= 0.3 is 0 Å². The topological polar surface area (TPSA) is 38.3 Å². The SMILES string of the molecule is COc1ccc(CNC(=O)S)c(Cl)c1Cl. The van der Waals surface area contributed by atoms with Gasteiger partial charge in [-0.25, -0.2) is 0 Å². The second-order valence-corrected chi connectivity index (χ2v) is 3.88. The minimum absolute atomic E-state index is 0.283. The van der Waals surface area contributed by atoms with Crippen LogP contribution in [-0.4, -0.2) is 12.3 Å². The number of halogens is 2. The van der Waals surface area contributed by atoms with E-state index in [-0.39, 0.29) is 6.54 Å². The van der Waals surface area contributed by atoms with Crippen molar-refractivity contribution in [1.82, 2.24) is 5.32 Å². The van der Waals surface area contributed by atoms with Crippen molar-refractivity contribution in [3.63, 3.8) is 0 Å². The van der Waals surface area contributed by atoms with Crippen LogP contribution in [0.3, 0.4) is 0 Å². The summed E-state index contributed by atoms with van der Waals surface area (Å²) in [5.41, 5.74) is 0.713. The van der Waals surface area contributed by atoms with Gasteiger partial charge in [0.25, 0.3) is 5.24 Å². The lowest BCUT2D eigenvalue weighted by Crippen LogP contribution is -2.15. The highest BCUT2D eigenvalue weighted by Crippen LogP contribution is 2.34. The van der Waals surface area contributed by atoms with Crippen LogP contribution in [0.2, 0.25) is 10.0 Å². The molecule has 1 aromatic rings. The Hall–Kier alpha value is -0.580. The Bertz CT molecular complexity index is 385. The van der Waals surface area contributed by atoms with Crippen molar-refractivity contribution in [3.05, 3.63) is 27.7 Å². The number of amides is 1. The highest BCUT2D eigenvalue weighted by Gasteiger charge is 2.10. The molecule has 0 aromatic heterocycles. The van der Waals surface area contributed by atoms with E-state index in [1.807, 2.05) is 0 Å². The zero-order chi connectivity index (χ0) is 11.4. The van der Waals surface area contributed by atoms with Gasteiger partial charge in [-0.2, -0.15) is 0 Å². The van der Waals surface area contributed by atoms with Crippen LogP contribution < -0.4 is 10.1 Å². The third kappa shape index (κ3) is 3.19. The molecule has 1 aromatic carbocycles. The number of rotatable bonds is 3. The molecule has 0 spiro atoms. The van der Waals surface area contributed by atoms with E-state index in [0.717, 1.165) is 0 Å². The summed E-state index contributed by atoms with van der Waals surface area (Å²) in [6, 6.07) is 3.42. The lowest BCUT2D eigenvalue weighted by atomic mass is 10.2. The van der Waals surface area contributed by atoms with Crippen LogP contribution in [0.5, 0.6) is 5.75 Å². The monoisotopic (exact) mass is 265 g/mol. The fourth-order valence-electron chi connectivity index (χ4n) is 1.04. The highest BCUT2D eigenvalue weighted by atomic mass is 35.5. The molecule has 0 aliphatic rings. The molecule has 0 atom stereocenters. The second-order valence-electron chi connectivity index (χ2n) is 2.71. The summed E-state index contributed by atoms with van der Waals surface area (Å²) in [7, 11) is 1.51. The zero-order valence-electron chi connectivity index (χ0n) is 7.88. The summed E-state index contributed by atoms with van der Waals surface area (Å²) >= 11 is 15.5. The Morgan fingerprint density at radius 2 is 2.13 bits per heavy atom. The molecule has 82 valence electrons. The predicted octanol–water partition coefficient (Wildman–Crippen LogP) is 3.14. The van der Waals surface area contributed by atoms with Crippen LogP contribution >= 0.6 is 35.8 Å². The van der Waals surface area contributed by atoms with Crippen molar-refractivity contribution in [2.75, 3.05) is 7.11 Å². The first kappa shape index (κ1) is 12.5. The molecule has 0 unspecified atom stereocenters. The number of methoxy groups -OCH3 is 1. The lowest BCUT2D eigenvalue weighted by molar-refractivity contribution is 0.260. The fourth-order valence-corrected chi connectivity index (χ4v) is 1.60. The number of thiol groups is 1. The Kier molecular flexibility index (Phi) is 4.57. The normalized spacial score (nSPS) is 9.87. The molecule has 1 N–H and O–H groups in total. The summed E-state index contributed by atoms with van der Waals surface area (Å²) in [5.74, 6) is 0.502. The lowest BCUT2D eigenvalue weighted by Gasteiger charge is -2.09. The molecule has 3 nitrogen and oxygen atoms in total. The van der Waals surface area contributed by atoms with Gasteiger partial charge in [-0.15, -0.1) is 0 Å². The summed E-state index contributed by atoms with van der Waals surface area (Å²) < 4.78 is 4.99. The molecule has 6 heteroatoms. The van der Waals surface area contributed by atoms with Crippen molar-refractivity contribution < 1.29 is 9.53 Å². The number of benzene rings is 1. The van der Waals surface area contributed by atoms with Crippen molar-refractivity contribution >= 4 is 41.1 Å². The average molecular weight is 266 g/mol. The minimum Gasteiger partial charge on any atom is -0.495 e. The quantitative estimate of drug-likeness (QED) is 0.825. The molecule has 0 bridgehead atoms. The Morgan fingerprint density at radius 1 is 1.47 bits per heavy atom. The number of carbonyl (C=O) groups is 1. The van der Waals surface area contributed by atoms with E-state index in [4.69, 9.17) is 27.9 Å². The van der Waals surface area contributed by atoms with Gasteiger partial charge in [0.05, 0.1) is 12.1 Å². The van der Waals surface area contributed by atoms with Gasteiger partial charge in [0, 0.05) is 6.54 Å². The van der Waals surface area contributed by atoms with Crippen molar-refractivity contribution in [3.8, 4) is 5.75 Å². The van der Waals surface area contributed by atoms with Crippen molar-refractivity contribution in [2.45, 2.75) is 6.54 Å². The summed E-state index contributed by atoms with van der Waals surface area (Å²) in [4.78, 5) is 10.6. The van der Waals surface area contributed by atoms with Crippen LogP contribution in [0.15, 0.2) is 12.1 Å². The smallest absolute Gasteiger partial charge is 0.276 e. The van der Waals surface area contributed by atoms with Gasteiger partial charge in [0.2, 0.25) is 0 Å². The molecule has 1 amide bonds. The first-order chi connectivity index (χ1) is 7.06. The Labute approximate surface area is 103 Å². The maximum Gasteiger partial charge on any atom is 0.276 e. The Balaban J connectivity index is 2.91. The van der Waals surface area contributed by atoms with Crippen LogP contribution in [0.25, 0.3) is 0 Å². The first-order valence-corrected chi connectivity index (χ1v) is 5.24. The maximum absolute atomic E-state index is 10.6. The van der Waals surface area contributed by atoms with E-state index in [1.54, 1.807) is 12.1 Å². The molecular formula is C9H9Cl2NO2S. The van der Waals surface area contributed by atoms with E-state index in [2.05, 4.69) is 17.9 Å². The predicted molar refractivity (Wildman–Crippen MR) is 64.2 cm³/mol. The van der Waals surface area contributed by atoms with Crippen LogP contribution in [0.1, 0.15) is 5.56 Å². The van der Waals surface area contributed by atoms with E-state index in [9.17, 15) is 4.79 Å². The standard InChI is InChI=1S/C9H9Cl2NO2S/c1-14-6-3-2-5(4-12-9(13)15)7(10)8(6)11/h2-3H,4H2,1H3,(H2,12,13,15). The van der Waals surface area contributed by atoms with E-state index in [1.165, 1.54) is 7.11 Å². The molecule has 0 aliphatic carbocycles. The number of hydrogen-bond donors (Lipinski definition) is 2. The van der Waals surface area contributed by atoms with Gasteiger partial charge in [0.15, 0.2) is 0 Å². The molecule has 0 saturated carbocycles. The van der Waals surface area contributed by atoms with Crippen molar-refractivity contribution in [1.29, 1.82) is 0 Å². The van der Waals surface area contributed by atoms with E-state index >= 15 is 0 Å². The van der Waals surface area contributed by atoms with Gasteiger partial charge in [-0.3, -0.25) is 4.79 Å². The Morgan fingerprint density at radius 3 is 2.67 bits per heavy atom. The number of nitrogens with one attached hydrogen (secondary N) is 1. The maximum atomic E-state index is 10.6. The third-order valence-corrected chi connectivity index (χ3v) is 2.84. The molecule has 0 fully saturated rings. The van der Waals surface area contributed by atoms with Crippen LogP contribution in [-0.2, 0) is 6.54 Å². The largest absolute Gasteiger partial charge is 0.495 e. The first-order valence-electron chi connectivity index (χ1n) is 4.04. The van der Waals surface area contributed by atoms with Crippen LogP contribution in [0.4, 0.5) is 4.79 Å². The summed E-state index contributed by atoms with van der Waals surface area (Å²) in [6.07, 6.45) is 0. The number of ether oxygens (including phenoxy) is 1. The molecule has 0 saturated heterocycles. The second kappa shape index (κ2) is 5.49. The summed E-state index contributed by atoms with van der Waals surface area (Å²) in [6.45, 7) is 0.283. The van der Waals surface area contributed by atoms with Crippen LogP contribution in [0, 0.1) is 0 Å². The van der Waals surface area contributed by atoms with Crippen molar-refractivity contribution in [2.24, 2.45) is 0 Å². The molecule has 0 radical (unpaired) electrons. The minimum atomic E-state index is -0.419. The molecule has 1 rings (SSSR count). The summed E-state index contributed by atoms with van der Waals surface area (Å²) in [5, 5.41) is 2.80. The molecule has 0 heterocycles. The molecule has 15 heavy (non-hydrogen) atoms. The molecule has 0 aliphatic heterocycles. The van der Waals surface area contributed by atoms with Gasteiger partial charge in [-0.05, 0) is 11.6 Å². The third-order valence-electron chi connectivity index (χ3n) is 1.78. The molecular weight excluding hydrogens is 257 g/mol. The average Bonchev–Trinajstić information content (AvgIpc) is 2.20. The number of hydrogen-bond acceptors (Lipinski definition) is 2. The van der Waals surface area contributed by atoms with Gasteiger partial charge in [-0.1, -0.05) is 41.9 Å². The number of carbonyl (C=O) groups excluding carboxylic acids is 1. The fraction of sp³-hybridized carbons (Fsp3) is 0.222. The highest BCUT2D eigenvalue weighted by molar-refractivity contribution is 7.96. The van der Waals surface area contributed by atoms with E-state index in [0.29, 0.717) is 21.4 Å². The van der Waals surface area contributed by atoms with Gasteiger partial charge in [0.1, 0.15) is 10.8 Å². The van der Waals surface area contributed by atoms with E-state index < -0.39 is 5.24 Å². The zero-order valence-corrected chi connectivity index (χ0v) is 10.3. The van der Waals surface area contributed by atoms with Gasteiger partial charge < -0.3 is 10.1 Å².